The zero-order valence-corrected chi connectivity index (χ0v) is 13.1. The van der Waals surface area contributed by atoms with Crippen molar-refractivity contribution in [1.82, 2.24) is 4.90 Å². The average Bonchev–Trinajstić information content (AvgIpc) is 2.48. The van der Waals surface area contributed by atoms with Gasteiger partial charge in [0.2, 0.25) is 0 Å². The molecule has 0 aromatic rings. The molecular weight excluding hydrogens is 278 g/mol. The first-order valence-electron chi connectivity index (χ1n) is 7.22. The topological polar surface area (TPSA) is 65.7 Å². The average molecular weight is 299 g/mol. The van der Waals surface area contributed by atoms with E-state index in [1.807, 2.05) is 19.9 Å². The zero-order chi connectivity index (χ0) is 16.4. The summed E-state index contributed by atoms with van der Waals surface area (Å²) >= 11 is 0. The standard InChI is InChI=1S/C17H21N3O2/c1-5-14(10-19-4)20-6-7-22-17(12-20)8-13(9-18)15(21)16(2,3)11-17/h5,8,10H,1,4,6-7,11-12H2,2-3H3/b14-10+. The van der Waals surface area contributed by atoms with Gasteiger partial charge in [0, 0.05) is 18.2 Å². The summed E-state index contributed by atoms with van der Waals surface area (Å²) in [4.78, 5) is 18.2. The van der Waals surface area contributed by atoms with E-state index in [4.69, 9.17) is 4.74 Å². The number of hydrogen-bond acceptors (Lipinski definition) is 5. The van der Waals surface area contributed by atoms with Crippen molar-refractivity contribution in [1.29, 1.82) is 5.26 Å². The van der Waals surface area contributed by atoms with Gasteiger partial charge in [-0.05, 0) is 25.3 Å². The van der Waals surface area contributed by atoms with Gasteiger partial charge in [0.15, 0.2) is 5.78 Å². The molecule has 1 saturated heterocycles. The summed E-state index contributed by atoms with van der Waals surface area (Å²) in [5.41, 5.74) is -0.204. The molecule has 1 fully saturated rings. The van der Waals surface area contributed by atoms with Gasteiger partial charge in [-0.3, -0.25) is 9.79 Å². The van der Waals surface area contributed by atoms with Crippen LogP contribution in [0, 0.1) is 16.7 Å². The number of hydrogen-bond donors (Lipinski definition) is 0. The fourth-order valence-corrected chi connectivity index (χ4v) is 3.23. The van der Waals surface area contributed by atoms with Crippen LogP contribution >= 0.6 is 0 Å². The van der Waals surface area contributed by atoms with Gasteiger partial charge in [0.05, 0.1) is 24.4 Å². The predicted octanol–water partition coefficient (Wildman–Crippen LogP) is 2.23. The largest absolute Gasteiger partial charge is 0.367 e. The summed E-state index contributed by atoms with van der Waals surface area (Å²) in [5.74, 6) is -0.117. The van der Waals surface area contributed by atoms with Crippen LogP contribution in [0.25, 0.3) is 0 Å². The number of nitriles is 1. The zero-order valence-electron chi connectivity index (χ0n) is 13.1. The van der Waals surface area contributed by atoms with Crippen LogP contribution in [0.5, 0.6) is 0 Å². The van der Waals surface area contributed by atoms with Crippen molar-refractivity contribution >= 4 is 12.5 Å². The Labute approximate surface area is 131 Å². The molecule has 5 nitrogen and oxygen atoms in total. The van der Waals surface area contributed by atoms with E-state index in [-0.39, 0.29) is 11.4 Å². The Bertz CT molecular complexity index is 610. The lowest BCUT2D eigenvalue weighted by molar-refractivity contribution is -0.134. The fraction of sp³-hybridized carbons (Fsp3) is 0.471. The van der Waals surface area contributed by atoms with Crippen LogP contribution in [0.1, 0.15) is 20.3 Å². The minimum Gasteiger partial charge on any atom is -0.367 e. The molecule has 0 bridgehead atoms. The van der Waals surface area contributed by atoms with Crippen molar-refractivity contribution in [3.8, 4) is 6.07 Å². The number of ketones is 1. The van der Waals surface area contributed by atoms with Gasteiger partial charge in [0.25, 0.3) is 0 Å². The number of rotatable bonds is 3. The highest BCUT2D eigenvalue weighted by atomic mass is 16.5. The first-order chi connectivity index (χ1) is 10.4. The van der Waals surface area contributed by atoms with Crippen molar-refractivity contribution in [2.45, 2.75) is 25.9 Å². The number of carbonyl (C=O) groups excluding carboxylic acids is 1. The Balaban J connectivity index is 2.38. The third kappa shape index (κ3) is 2.88. The highest BCUT2D eigenvalue weighted by Crippen LogP contribution is 2.41. The molecule has 1 aliphatic carbocycles. The van der Waals surface area contributed by atoms with Crippen molar-refractivity contribution in [3.05, 3.63) is 36.2 Å². The molecule has 0 radical (unpaired) electrons. The Morgan fingerprint density at radius 2 is 2.32 bits per heavy atom. The maximum atomic E-state index is 12.3. The Kier molecular flexibility index (Phi) is 4.34. The maximum absolute atomic E-state index is 12.3. The van der Waals surface area contributed by atoms with Gasteiger partial charge in [-0.1, -0.05) is 20.4 Å². The number of nitrogens with zero attached hydrogens (tertiary/aromatic N) is 3. The van der Waals surface area contributed by atoms with E-state index in [1.54, 1.807) is 18.4 Å². The van der Waals surface area contributed by atoms with E-state index in [2.05, 4.69) is 23.2 Å². The Morgan fingerprint density at radius 1 is 1.59 bits per heavy atom. The second-order valence-electron chi connectivity index (χ2n) is 6.34. The molecule has 0 saturated carbocycles. The molecule has 1 unspecified atom stereocenters. The number of allylic oxidation sites excluding steroid dienone is 2. The molecule has 1 heterocycles. The van der Waals surface area contributed by atoms with Crippen LogP contribution in [-0.2, 0) is 9.53 Å². The monoisotopic (exact) mass is 299 g/mol. The molecule has 0 N–H and O–H groups in total. The number of aliphatic imine (C=N–C) groups is 1. The second kappa shape index (κ2) is 5.90. The third-order valence-electron chi connectivity index (χ3n) is 4.14. The molecule has 116 valence electrons. The van der Waals surface area contributed by atoms with Crippen LogP contribution in [0.15, 0.2) is 41.2 Å². The number of ether oxygens (including phenoxy) is 1. The van der Waals surface area contributed by atoms with E-state index < -0.39 is 11.0 Å². The fourth-order valence-electron chi connectivity index (χ4n) is 3.23. The molecule has 1 atom stereocenters. The molecular formula is C17H21N3O2. The van der Waals surface area contributed by atoms with Gasteiger partial charge >= 0.3 is 0 Å². The molecule has 0 aromatic heterocycles. The summed E-state index contributed by atoms with van der Waals surface area (Å²) in [5, 5.41) is 9.25. The van der Waals surface area contributed by atoms with Crippen molar-refractivity contribution in [3.63, 3.8) is 0 Å². The molecule has 2 aliphatic rings. The lowest BCUT2D eigenvalue weighted by Gasteiger charge is -2.47. The molecule has 5 heteroatoms. The number of carbonyl (C=O) groups is 1. The smallest absolute Gasteiger partial charge is 0.178 e. The first kappa shape index (κ1) is 16.2. The molecule has 0 aromatic carbocycles. The Morgan fingerprint density at radius 3 is 2.91 bits per heavy atom. The second-order valence-corrected chi connectivity index (χ2v) is 6.34. The predicted molar refractivity (Wildman–Crippen MR) is 85.2 cm³/mol. The first-order valence-corrected chi connectivity index (χ1v) is 7.22. The van der Waals surface area contributed by atoms with E-state index >= 15 is 0 Å². The normalized spacial score (nSPS) is 28.0. The lowest BCUT2D eigenvalue weighted by Crippen LogP contribution is -2.55. The quantitative estimate of drug-likeness (QED) is 0.592. The number of morpholine rings is 1. The van der Waals surface area contributed by atoms with E-state index in [1.165, 1.54) is 0 Å². The van der Waals surface area contributed by atoms with Crippen LogP contribution in [0.4, 0.5) is 0 Å². The Hall–Kier alpha value is -2.19. The number of Topliss-reactive ketones (excluding diaryl/α,β-unsaturated/α-hetero) is 1. The van der Waals surface area contributed by atoms with Crippen LogP contribution in [0.2, 0.25) is 0 Å². The lowest BCUT2D eigenvalue weighted by atomic mass is 9.69. The van der Waals surface area contributed by atoms with Crippen molar-refractivity contribution < 1.29 is 9.53 Å². The third-order valence-corrected chi connectivity index (χ3v) is 4.14. The van der Waals surface area contributed by atoms with Gasteiger partial charge in [0.1, 0.15) is 11.7 Å². The van der Waals surface area contributed by atoms with Gasteiger partial charge in [-0.2, -0.15) is 5.26 Å². The molecule has 1 aliphatic heterocycles. The van der Waals surface area contributed by atoms with Crippen molar-refractivity contribution in [2.75, 3.05) is 19.7 Å². The highest BCUT2D eigenvalue weighted by molar-refractivity contribution is 6.03. The van der Waals surface area contributed by atoms with Crippen LogP contribution in [0.3, 0.4) is 0 Å². The summed E-state index contributed by atoms with van der Waals surface area (Å²) in [7, 11) is 0. The summed E-state index contributed by atoms with van der Waals surface area (Å²) in [6, 6.07) is 2.01. The molecule has 2 rings (SSSR count). The molecule has 1 spiro atoms. The van der Waals surface area contributed by atoms with Gasteiger partial charge in [-0.15, -0.1) is 0 Å². The summed E-state index contributed by atoms with van der Waals surface area (Å²) in [6.45, 7) is 12.8. The highest BCUT2D eigenvalue weighted by Gasteiger charge is 2.48. The van der Waals surface area contributed by atoms with Crippen molar-refractivity contribution in [2.24, 2.45) is 10.4 Å². The van der Waals surface area contributed by atoms with Crippen LogP contribution < -0.4 is 0 Å². The molecule has 22 heavy (non-hydrogen) atoms. The SMILES string of the molecule is C=C/C(=C\N=C)N1CCOC2(C=C(C#N)C(=O)C(C)(C)C2)C1. The minimum atomic E-state index is -0.635. The maximum Gasteiger partial charge on any atom is 0.178 e. The van der Waals surface area contributed by atoms with Crippen LogP contribution in [-0.4, -0.2) is 42.7 Å². The molecule has 0 amide bonds. The van der Waals surface area contributed by atoms with E-state index in [0.717, 1.165) is 5.70 Å². The summed E-state index contributed by atoms with van der Waals surface area (Å²) < 4.78 is 6.00. The summed E-state index contributed by atoms with van der Waals surface area (Å²) in [6.07, 6.45) is 5.61. The van der Waals surface area contributed by atoms with Gasteiger partial charge < -0.3 is 9.64 Å². The van der Waals surface area contributed by atoms with E-state index in [0.29, 0.717) is 26.1 Å². The minimum absolute atomic E-state index is 0.117. The van der Waals surface area contributed by atoms with Gasteiger partial charge in [-0.25, -0.2) is 0 Å². The van der Waals surface area contributed by atoms with E-state index in [9.17, 15) is 10.1 Å².